The monoisotopic (exact) mass is 427 g/mol. The first-order valence-corrected chi connectivity index (χ1v) is 11.1. The first-order chi connectivity index (χ1) is 13.2. The summed E-state index contributed by atoms with van der Waals surface area (Å²) in [6.07, 6.45) is 0. The number of H-pyrrole nitrogens is 1. The molecule has 0 aliphatic heterocycles. The molecule has 1 aromatic carbocycles. The molecule has 9 nitrogen and oxygen atoms in total. The van der Waals surface area contributed by atoms with Gasteiger partial charge in [-0.15, -0.1) is 5.10 Å². The predicted molar refractivity (Wildman–Crippen MR) is 107 cm³/mol. The van der Waals surface area contributed by atoms with Crippen molar-refractivity contribution in [2.24, 2.45) is 0 Å². The van der Waals surface area contributed by atoms with Crippen molar-refractivity contribution in [3.05, 3.63) is 29.6 Å². The van der Waals surface area contributed by atoms with Gasteiger partial charge in [-0.3, -0.25) is 9.89 Å². The largest absolute Gasteiger partial charge is 0.494 e. The molecule has 0 aliphatic rings. The van der Waals surface area contributed by atoms with E-state index in [1.807, 2.05) is 6.92 Å². The van der Waals surface area contributed by atoms with E-state index in [0.717, 1.165) is 15.7 Å². The Balaban J connectivity index is 1.86. The molecular formula is C17H25N5O4S2. The van der Waals surface area contributed by atoms with Crippen LogP contribution in [0.1, 0.15) is 18.3 Å². The Hall–Kier alpha value is -2.11. The van der Waals surface area contributed by atoms with Gasteiger partial charge in [0, 0.05) is 19.3 Å². The van der Waals surface area contributed by atoms with Crippen LogP contribution >= 0.6 is 11.8 Å². The molecule has 2 rings (SSSR count). The summed E-state index contributed by atoms with van der Waals surface area (Å²) in [5, 5.41) is 10.0. The molecule has 154 valence electrons. The van der Waals surface area contributed by atoms with Crippen LogP contribution in [-0.2, 0) is 14.8 Å². The lowest BCUT2D eigenvalue weighted by atomic mass is 10.2. The minimum absolute atomic E-state index is 0.124. The maximum Gasteiger partial charge on any atom is 0.243 e. The summed E-state index contributed by atoms with van der Waals surface area (Å²) in [5.74, 6) is 1.57. The van der Waals surface area contributed by atoms with E-state index in [1.165, 1.54) is 24.9 Å². The number of aromatic nitrogens is 3. The molecule has 0 fully saturated rings. The predicted octanol–water partition coefficient (Wildman–Crippen LogP) is 1.35. The molecule has 1 amide bonds. The number of nitrogens with zero attached hydrogens (tertiary/aromatic N) is 3. The molecular weight excluding hydrogens is 402 g/mol. The van der Waals surface area contributed by atoms with Gasteiger partial charge in [-0.25, -0.2) is 13.4 Å². The highest BCUT2D eigenvalue weighted by Gasteiger charge is 2.23. The minimum atomic E-state index is -3.77. The van der Waals surface area contributed by atoms with Crippen molar-refractivity contribution in [3.8, 4) is 5.75 Å². The molecule has 0 radical (unpaired) electrons. The van der Waals surface area contributed by atoms with Gasteiger partial charge in [0.2, 0.25) is 21.1 Å². The Morgan fingerprint density at radius 1 is 1.36 bits per heavy atom. The molecule has 11 heteroatoms. The zero-order valence-corrected chi connectivity index (χ0v) is 18.0. The second kappa shape index (κ2) is 9.89. The molecule has 0 unspecified atom stereocenters. The lowest BCUT2D eigenvalue weighted by molar-refractivity contribution is -0.121. The highest BCUT2D eigenvalue weighted by atomic mass is 32.2. The van der Waals surface area contributed by atoms with Gasteiger partial charge in [-0.1, -0.05) is 11.8 Å². The highest BCUT2D eigenvalue weighted by molar-refractivity contribution is 7.99. The number of aromatic amines is 1. The zero-order chi connectivity index (χ0) is 20.7. The summed E-state index contributed by atoms with van der Waals surface area (Å²) < 4.78 is 31.8. The average molecular weight is 428 g/mol. The number of sulfonamides is 1. The van der Waals surface area contributed by atoms with Crippen molar-refractivity contribution >= 4 is 27.7 Å². The Kier molecular flexibility index (Phi) is 7.84. The van der Waals surface area contributed by atoms with Crippen LogP contribution in [0.15, 0.2) is 28.3 Å². The third-order valence-electron chi connectivity index (χ3n) is 3.75. The number of nitrogens with one attached hydrogen (secondary N) is 2. The number of ether oxygens (including phenoxy) is 1. The fourth-order valence-electron chi connectivity index (χ4n) is 2.34. The van der Waals surface area contributed by atoms with Crippen molar-refractivity contribution in [2.75, 3.05) is 32.5 Å². The lowest BCUT2D eigenvalue weighted by Gasteiger charge is -2.18. The van der Waals surface area contributed by atoms with Crippen molar-refractivity contribution in [1.82, 2.24) is 24.8 Å². The number of thioether (sulfide) groups is 1. The number of hydrogen-bond donors (Lipinski definition) is 2. The van der Waals surface area contributed by atoms with Gasteiger partial charge in [-0.2, -0.15) is 4.31 Å². The van der Waals surface area contributed by atoms with Crippen molar-refractivity contribution in [2.45, 2.75) is 30.8 Å². The molecule has 28 heavy (non-hydrogen) atoms. The third-order valence-corrected chi connectivity index (χ3v) is 6.40. The highest BCUT2D eigenvalue weighted by Crippen LogP contribution is 2.23. The number of likely N-dealkylation sites (N-methyl/N-ethyl adjacent to an activating group) is 1. The van der Waals surface area contributed by atoms with E-state index in [1.54, 1.807) is 26.0 Å². The smallest absolute Gasteiger partial charge is 0.243 e. The van der Waals surface area contributed by atoms with E-state index in [4.69, 9.17) is 4.74 Å². The van der Waals surface area contributed by atoms with Crippen LogP contribution in [0.2, 0.25) is 0 Å². The summed E-state index contributed by atoms with van der Waals surface area (Å²) in [5.41, 5.74) is 0.722. The van der Waals surface area contributed by atoms with E-state index in [9.17, 15) is 13.2 Å². The molecule has 0 bridgehead atoms. The molecule has 0 spiro atoms. The summed E-state index contributed by atoms with van der Waals surface area (Å²) >= 11 is 1.40. The van der Waals surface area contributed by atoms with Gasteiger partial charge in [0.25, 0.3) is 0 Å². The standard InChI is InChI=1S/C17H25N5O4S2/c1-5-26-15-7-6-14(10-12(15)2)28(24,25)22(4)11-16(23)18-8-9-27-17-19-13(3)20-21-17/h6-7,10H,5,8-9,11H2,1-4H3,(H,18,23)(H,19,20,21). The third kappa shape index (κ3) is 5.94. The van der Waals surface area contributed by atoms with E-state index >= 15 is 0 Å². The Morgan fingerprint density at radius 3 is 2.71 bits per heavy atom. The maximum atomic E-state index is 12.7. The van der Waals surface area contributed by atoms with Crippen LogP contribution in [-0.4, -0.2) is 66.3 Å². The van der Waals surface area contributed by atoms with Crippen LogP contribution in [0.4, 0.5) is 0 Å². The molecule has 2 N–H and O–H groups in total. The minimum Gasteiger partial charge on any atom is -0.494 e. The second-order valence-corrected chi connectivity index (χ2v) is 9.13. The first-order valence-electron chi connectivity index (χ1n) is 8.72. The van der Waals surface area contributed by atoms with Crippen LogP contribution in [0.5, 0.6) is 5.75 Å². The van der Waals surface area contributed by atoms with Gasteiger partial charge in [-0.05, 0) is 44.5 Å². The van der Waals surface area contributed by atoms with E-state index in [2.05, 4.69) is 20.5 Å². The lowest BCUT2D eigenvalue weighted by Crippen LogP contribution is -2.39. The van der Waals surface area contributed by atoms with Gasteiger partial charge >= 0.3 is 0 Å². The first kappa shape index (κ1) is 22.2. The summed E-state index contributed by atoms with van der Waals surface area (Å²) in [6, 6.07) is 4.66. The van der Waals surface area contributed by atoms with Crippen molar-refractivity contribution in [1.29, 1.82) is 0 Å². The van der Waals surface area contributed by atoms with Crippen LogP contribution < -0.4 is 10.1 Å². The van der Waals surface area contributed by atoms with E-state index in [0.29, 0.717) is 29.8 Å². The van der Waals surface area contributed by atoms with E-state index in [-0.39, 0.29) is 17.3 Å². The Bertz CT molecular complexity index is 914. The van der Waals surface area contributed by atoms with Crippen LogP contribution in [0.25, 0.3) is 0 Å². The average Bonchev–Trinajstić information content (AvgIpc) is 3.05. The molecule has 0 saturated carbocycles. The molecule has 1 heterocycles. The molecule has 2 aromatic rings. The van der Waals surface area contributed by atoms with Crippen molar-refractivity contribution < 1.29 is 17.9 Å². The van der Waals surface area contributed by atoms with Gasteiger partial charge in [0.15, 0.2) is 0 Å². The zero-order valence-electron chi connectivity index (χ0n) is 16.4. The fourth-order valence-corrected chi connectivity index (χ4v) is 4.25. The van der Waals surface area contributed by atoms with Gasteiger partial charge in [0.05, 0.1) is 18.0 Å². The Labute approximate surface area is 169 Å². The number of carbonyl (C=O) groups is 1. The van der Waals surface area contributed by atoms with Gasteiger partial charge in [0.1, 0.15) is 11.6 Å². The van der Waals surface area contributed by atoms with E-state index < -0.39 is 10.0 Å². The maximum absolute atomic E-state index is 12.7. The van der Waals surface area contributed by atoms with Crippen LogP contribution in [0, 0.1) is 13.8 Å². The number of aryl methyl sites for hydroxylation is 2. The fraction of sp³-hybridized carbons (Fsp3) is 0.471. The molecule has 1 aromatic heterocycles. The summed E-state index contributed by atoms with van der Waals surface area (Å²) in [4.78, 5) is 16.3. The normalized spacial score (nSPS) is 11.6. The number of benzene rings is 1. The number of hydrogen-bond acceptors (Lipinski definition) is 7. The number of rotatable bonds is 10. The second-order valence-electron chi connectivity index (χ2n) is 6.02. The SMILES string of the molecule is CCOc1ccc(S(=O)(=O)N(C)CC(=O)NCCSc2n[nH]c(C)n2)cc1C. The summed E-state index contributed by atoms with van der Waals surface area (Å²) in [6.45, 7) is 6.07. The van der Waals surface area contributed by atoms with Crippen LogP contribution in [0.3, 0.4) is 0 Å². The number of carbonyl (C=O) groups excluding carboxylic acids is 1. The summed E-state index contributed by atoms with van der Waals surface area (Å²) in [7, 11) is -2.39. The van der Waals surface area contributed by atoms with Crippen molar-refractivity contribution in [3.63, 3.8) is 0 Å². The molecule has 0 saturated heterocycles. The molecule has 0 aliphatic carbocycles. The topological polar surface area (TPSA) is 117 Å². The Morgan fingerprint density at radius 2 is 2.11 bits per heavy atom. The molecule has 0 atom stereocenters. The van der Waals surface area contributed by atoms with Gasteiger partial charge < -0.3 is 10.1 Å². The number of amides is 1. The quantitative estimate of drug-likeness (QED) is 0.434.